The van der Waals surface area contributed by atoms with Crippen molar-refractivity contribution in [3.05, 3.63) is 37.0 Å². The molecule has 0 unspecified atom stereocenters. The molecule has 1 saturated heterocycles. The van der Waals surface area contributed by atoms with Crippen LogP contribution in [0.5, 0.6) is 0 Å². The molecule has 1 rings (SSSR count). The molecule has 0 saturated carbocycles. The third kappa shape index (κ3) is 10.5. The first-order valence-corrected chi connectivity index (χ1v) is 8.96. The van der Waals surface area contributed by atoms with Crippen LogP contribution in [0.25, 0.3) is 0 Å². The summed E-state index contributed by atoms with van der Waals surface area (Å²) in [4.78, 5) is 0. The number of hydrogen-bond acceptors (Lipinski definition) is 1. The third-order valence-electron chi connectivity index (χ3n) is 4.11. The van der Waals surface area contributed by atoms with Gasteiger partial charge in [-0.25, -0.2) is 0 Å². The van der Waals surface area contributed by atoms with Crippen LogP contribution in [0.2, 0.25) is 0 Å². The van der Waals surface area contributed by atoms with Gasteiger partial charge >= 0.3 is 0 Å². The molecule has 0 aromatic rings. The van der Waals surface area contributed by atoms with E-state index in [9.17, 15) is 0 Å². The largest absolute Gasteiger partial charge is 0.369 e. The fourth-order valence-electron chi connectivity index (χ4n) is 2.70. The van der Waals surface area contributed by atoms with Crippen molar-refractivity contribution in [2.75, 3.05) is 0 Å². The average Bonchev–Trinajstić information content (AvgIpc) is 3.24. The fraction of sp³-hybridized carbons (Fsp3) is 0.700. The average molecular weight is 290 g/mol. The standard InChI is InChI=1S/C20H34O/c1-3-5-7-9-11-12-14-16-18-20-19(21-20)17-15-13-10-8-6-4-2/h4,6,8,13,15,19-20H,2-3,5,7,9-12,14,16-18H2,1H3/b8-6+,15-13+/t19-,20+/m1/s1. The summed E-state index contributed by atoms with van der Waals surface area (Å²) in [5.41, 5.74) is 0. The van der Waals surface area contributed by atoms with E-state index in [1.807, 2.05) is 12.2 Å². The molecular weight excluding hydrogens is 256 g/mol. The predicted molar refractivity (Wildman–Crippen MR) is 93.6 cm³/mol. The molecule has 0 amide bonds. The Hall–Kier alpha value is -0.820. The van der Waals surface area contributed by atoms with Gasteiger partial charge in [-0.05, 0) is 19.3 Å². The van der Waals surface area contributed by atoms with E-state index in [2.05, 4.69) is 31.7 Å². The Kier molecular flexibility index (Phi) is 11.2. The van der Waals surface area contributed by atoms with Crippen molar-refractivity contribution in [3.8, 4) is 0 Å². The molecule has 21 heavy (non-hydrogen) atoms. The van der Waals surface area contributed by atoms with Gasteiger partial charge in [-0.1, -0.05) is 95.2 Å². The molecular formula is C20H34O. The van der Waals surface area contributed by atoms with Gasteiger partial charge in [0.1, 0.15) is 0 Å². The summed E-state index contributed by atoms with van der Waals surface area (Å²) in [5, 5.41) is 0. The highest BCUT2D eigenvalue weighted by Crippen LogP contribution is 2.30. The second kappa shape index (κ2) is 12.9. The Morgan fingerprint density at radius 2 is 1.57 bits per heavy atom. The normalized spacial score (nSPS) is 21.4. The van der Waals surface area contributed by atoms with Crippen LogP contribution in [0, 0.1) is 0 Å². The highest BCUT2D eigenvalue weighted by atomic mass is 16.6. The van der Waals surface area contributed by atoms with Crippen molar-refractivity contribution in [2.24, 2.45) is 0 Å². The topological polar surface area (TPSA) is 12.5 Å². The Balaban J connectivity index is 1.84. The number of unbranched alkanes of at least 4 members (excludes halogenated alkanes) is 7. The lowest BCUT2D eigenvalue weighted by atomic mass is 10.1. The van der Waals surface area contributed by atoms with E-state index in [1.54, 1.807) is 0 Å². The Bertz CT molecular complexity index is 303. The monoisotopic (exact) mass is 290 g/mol. The molecule has 1 heteroatoms. The van der Waals surface area contributed by atoms with Crippen molar-refractivity contribution < 1.29 is 4.74 Å². The van der Waals surface area contributed by atoms with E-state index in [1.165, 1.54) is 57.8 Å². The minimum absolute atomic E-state index is 0.509. The minimum atomic E-state index is 0.509. The Morgan fingerprint density at radius 3 is 2.29 bits per heavy atom. The summed E-state index contributed by atoms with van der Waals surface area (Å²) in [7, 11) is 0. The van der Waals surface area contributed by atoms with Crippen molar-refractivity contribution in [2.45, 2.75) is 89.8 Å². The Labute approximate surface area is 132 Å². The maximum atomic E-state index is 5.72. The number of rotatable bonds is 14. The zero-order valence-electron chi connectivity index (χ0n) is 13.9. The molecule has 0 bridgehead atoms. The maximum absolute atomic E-state index is 5.72. The lowest BCUT2D eigenvalue weighted by Gasteiger charge is -2.00. The summed E-state index contributed by atoms with van der Waals surface area (Å²) in [6.45, 7) is 5.93. The summed E-state index contributed by atoms with van der Waals surface area (Å²) in [6.07, 6.45) is 26.0. The van der Waals surface area contributed by atoms with Crippen LogP contribution in [-0.2, 0) is 4.74 Å². The van der Waals surface area contributed by atoms with Gasteiger partial charge in [0.25, 0.3) is 0 Å². The van der Waals surface area contributed by atoms with Gasteiger partial charge in [0.05, 0.1) is 12.2 Å². The van der Waals surface area contributed by atoms with E-state index in [0.29, 0.717) is 12.2 Å². The highest BCUT2D eigenvalue weighted by molar-refractivity contribution is 5.02. The predicted octanol–water partition coefficient (Wildman–Crippen LogP) is 6.36. The van der Waals surface area contributed by atoms with Crippen LogP contribution in [0.1, 0.15) is 77.6 Å². The SMILES string of the molecule is C=C/C=C/C/C=C/C[C@H]1O[C@H]1CCCCCCCCCC. The molecule has 1 aliphatic heterocycles. The summed E-state index contributed by atoms with van der Waals surface area (Å²) in [5.74, 6) is 0. The minimum Gasteiger partial charge on any atom is -0.369 e. The lowest BCUT2D eigenvalue weighted by Crippen LogP contribution is -1.93. The van der Waals surface area contributed by atoms with Gasteiger partial charge < -0.3 is 4.74 Å². The first-order valence-electron chi connectivity index (χ1n) is 8.96. The van der Waals surface area contributed by atoms with Crippen LogP contribution in [0.3, 0.4) is 0 Å². The van der Waals surface area contributed by atoms with Crippen LogP contribution in [0.15, 0.2) is 37.0 Å². The van der Waals surface area contributed by atoms with Crippen LogP contribution >= 0.6 is 0 Å². The molecule has 0 spiro atoms. The molecule has 0 aromatic carbocycles. The van der Waals surface area contributed by atoms with Crippen molar-refractivity contribution in [3.63, 3.8) is 0 Å². The maximum Gasteiger partial charge on any atom is 0.0876 e. The lowest BCUT2D eigenvalue weighted by molar-refractivity contribution is 0.358. The number of ether oxygens (including phenoxy) is 1. The molecule has 120 valence electrons. The van der Waals surface area contributed by atoms with Crippen LogP contribution < -0.4 is 0 Å². The van der Waals surface area contributed by atoms with Crippen molar-refractivity contribution in [1.82, 2.24) is 0 Å². The zero-order chi connectivity index (χ0) is 15.2. The van der Waals surface area contributed by atoms with E-state index in [4.69, 9.17) is 4.74 Å². The molecule has 1 nitrogen and oxygen atoms in total. The Morgan fingerprint density at radius 1 is 0.857 bits per heavy atom. The molecule has 1 heterocycles. The summed E-state index contributed by atoms with van der Waals surface area (Å²) < 4.78 is 5.72. The number of hydrogen-bond donors (Lipinski definition) is 0. The van der Waals surface area contributed by atoms with Gasteiger partial charge in [0.2, 0.25) is 0 Å². The molecule has 0 radical (unpaired) electrons. The van der Waals surface area contributed by atoms with Gasteiger partial charge in [-0.15, -0.1) is 0 Å². The van der Waals surface area contributed by atoms with E-state index >= 15 is 0 Å². The number of allylic oxidation sites excluding steroid dienone is 4. The molecule has 2 atom stereocenters. The van der Waals surface area contributed by atoms with Crippen LogP contribution in [-0.4, -0.2) is 12.2 Å². The summed E-state index contributed by atoms with van der Waals surface area (Å²) >= 11 is 0. The molecule has 0 aromatic heterocycles. The van der Waals surface area contributed by atoms with E-state index in [0.717, 1.165) is 12.8 Å². The third-order valence-corrected chi connectivity index (χ3v) is 4.11. The molecule has 1 aliphatic rings. The second-order valence-corrected chi connectivity index (χ2v) is 6.08. The summed E-state index contributed by atoms with van der Waals surface area (Å²) in [6, 6.07) is 0. The molecule has 0 aliphatic carbocycles. The van der Waals surface area contributed by atoms with E-state index < -0.39 is 0 Å². The van der Waals surface area contributed by atoms with Gasteiger partial charge in [-0.2, -0.15) is 0 Å². The first-order chi connectivity index (χ1) is 10.4. The number of epoxide rings is 1. The smallest absolute Gasteiger partial charge is 0.0876 e. The zero-order valence-corrected chi connectivity index (χ0v) is 13.9. The van der Waals surface area contributed by atoms with Crippen molar-refractivity contribution in [1.29, 1.82) is 0 Å². The second-order valence-electron chi connectivity index (χ2n) is 6.08. The van der Waals surface area contributed by atoms with Gasteiger partial charge in [0.15, 0.2) is 0 Å². The highest BCUT2D eigenvalue weighted by Gasteiger charge is 2.36. The first kappa shape index (κ1) is 18.2. The van der Waals surface area contributed by atoms with Crippen molar-refractivity contribution >= 4 is 0 Å². The van der Waals surface area contributed by atoms with E-state index in [-0.39, 0.29) is 0 Å². The van der Waals surface area contributed by atoms with Gasteiger partial charge in [-0.3, -0.25) is 0 Å². The van der Waals surface area contributed by atoms with Gasteiger partial charge in [0, 0.05) is 0 Å². The quantitative estimate of drug-likeness (QED) is 0.157. The molecule has 0 N–H and O–H groups in total. The van der Waals surface area contributed by atoms with Crippen LogP contribution in [0.4, 0.5) is 0 Å². The molecule has 1 fully saturated rings. The fourth-order valence-corrected chi connectivity index (χ4v) is 2.70.